The molecule has 0 aromatic carbocycles. The fraction of sp³-hybridized carbons (Fsp3) is 0.676. The largest absolute Gasteiger partial charge is 1.00 e. The van der Waals surface area contributed by atoms with Crippen LogP contribution < -0.4 is 39.8 Å². The minimum atomic E-state index is -1.00. The molecule has 2 fully saturated rings. The Hall–Kier alpha value is -0.740. The first kappa shape index (κ1) is 43.7. The number of nitrogens with one attached hydrogen (secondary N) is 1. The number of halogens is 2. The van der Waals surface area contributed by atoms with Gasteiger partial charge in [0.15, 0.2) is 0 Å². The van der Waals surface area contributed by atoms with Crippen LogP contribution in [0.4, 0.5) is 16.0 Å². The van der Waals surface area contributed by atoms with Gasteiger partial charge in [-0.1, -0.05) is 43.4 Å². The van der Waals surface area contributed by atoms with Crippen LogP contribution in [-0.4, -0.2) is 100 Å². The summed E-state index contributed by atoms with van der Waals surface area (Å²) in [6.45, 7) is 9.77. The molecule has 13 heteroatoms. The molecule has 8 nitrogen and oxygen atoms in total. The molecule has 0 spiro atoms. The Bertz CT molecular complexity index is 1530. The second kappa shape index (κ2) is 23.8. The fourth-order valence-corrected chi connectivity index (χ4v) is 8.75. The molecule has 0 radical (unpaired) electrons. The zero-order valence-electron chi connectivity index (χ0n) is 34.0. The Morgan fingerprint density at radius 1 is 0.780 bits per heavy atom. The molecule has 4 aromatic rings. The molecule has 1 N–H and O–H groups in total. The number of anilines is 2. The molecule has 4 aromatic heterocycles. The summed E-state index contributed by atoms with van der Waals surface area (Å²) < 4.78 is 16.7. The molecule has 6 rings (SSSR count). The molecule has 2 saturated carbocycles. The molecule has 0 aliphatic heterocycles. The van der Waals surface area contributed by atoms with Crippen molar-refractivity contribution in [2.24, 2.45) is 0 Å². The van der Waals surface area contributed by atoms with Crippen LogP contribution in [0.15, 0.2) is 24.8 Å². The van der Waals surface area contributed by atoms with Crippen LogP contribution in [0.5, 0.6) is 0 Å². The van der Waals surface area contributed by atoms with Gasteiger partial charge in [0.1, 0.15) is 34.0 Å². The monoisotopic (exact) mass is 851 g/mol. The topological polar surface area (TPSA) is 73.3 Å². The van der Waals surface area contributed by atoms with E-state index in [0.29, 0.717) is 12.1 Å². The maximum absolute atomic E-state index is 9.96. The van der Waals surface area contributed by atoms with Gasteiger partial charge in [-0.15, -0.1) is 22.7 Å². The Kier molecular flexibility index (Phi) is 20.8. The van der Waals surface area contributed by atoms with Gasteiger partial charge in [0.2, 0.25) is 0 Å². The van der Waals surface area contributed by atoms with Crippen LogP contribution in [0.25, 0.3) is 20.4 Å². The van der Waals surface area contributed by atoms with E-state index in [1.165, 1.54) is 76.3 Å². The summed E-state index contributed by atoms with van der Waals surface area (Å²) in [5.74, 6) is 2.16. The molecule has 0 unspecified atom stereocenters. The number of aryl methyl sites for hydroxylation is 2. The maximum atomic E-state index is 9.96. The molecular formula is C37H61FIN8NaS2. The number of hydrogen-bond acceptors (Lipinski definition) is 10. The van der Waals surface area contributed by atoms with Crippen LogP contribution in [-0.2, 0) is 12.8 Å². The molecule has 0 saturated heterocycles. The molecule has 2 aliphatic carbocycles. The molecular weight excluding hydrogens is 789 g/mol. The Morgan fingerprint density at radius 3 is 1.70 bits per heavy atom. The molecule has 0 atom stereocenters. The van der Waals surface area contributed by atoms with E-state index >= 15 is 0 Å². The first-order valence-electron chi connectivity index (χ1n) is 18.6. The second-order valence-electron chi connectivity index (χ2n) is 13.1. The van der Waals surface area contributed by atoms with Gasteiger partial charge < -0.3 is 21.4 Å². The van der Waals surface area contributed by atoms with Crippen molar-refractivity contribution in [2.75, 3.05) is 56.5 Å². The van der Waals surface area contributed by atoms with Crippen LogP contribution in [0.3, 0.4) is 0 Å². The van der Waals surface area contributed by atoms with Crippen molar-refractivity contribution < 1.29 is 36.7 Å². The smallest absolute Gasteiger partial charge is 1.00 e. The van der Waals surface area contributed by atoms with E-state index in [9.17, 15) is 4.39 Å². The predicted molar refractivity (Wildman–Crippen MR) is 222 cm³/mol. The normalized spacial score (nSPS) is 20.4. The molecule has 276 valence electrons. The van der Waals surface area contributed by atoms with Crippen molar-refractivity contribution >= 4 is 77.3 Å². The molecule has 2 aliphatic rings. The molecule has 0 bridgehead atoms. The second-order valence-corrected chi connectivity index (χ2v) is 16.8. The molecule has 4 heterocycles. The van der Waals surface area contributed by atoms with Crippen molar-refractivity contribution in [3.8, 4) is 0 Å². The number of alkyl halides is 2. The van der Waals surface area contributed by atoms with Gasteiger partial charge in [-0.2, -0.15) is 0 Å². The van der Waals surface area contributed by atoms with Crippen LogP contribution in [0.2, 0.25) is 0 Å². The Balaban J connectivity index is 0.000000438. The van der Waals surface area contributed by atoms with Gasteiger partial charge >= 0.3 is 29.6 Å². The molecule has 50 heavy (non-hydrogen) atoms. The fourth-order valence-electron chi connectivity index (χ4n) is 6.89. The predicted octanol–water partition coefficient (Wildman–Crippen LogP) is 6.63. The SMILES string of the molecule is CCI.CCc1cc2c(N(CC)C3CCC(N(C)C)CC3)ncnc2s1.CCc1cc2c(NC3CCC(N(C)C)CC3)ncnc2s1.[2H]CF.[H-].[Na+]. The number of fused-ring (bicyclic) bond motifs is 2. The first-order valence-corrected chi connectivity index (χ1v) is 21.0. The van der Waals surface area contributed by atoms with E-state index in [4.69, 9.17) is 1.37 Å². The van der Waals surface area contributed by atoms with Gasteiger partial charge in [0.25, 0.3) is 0 Å². The summed E-state index contributed by atoms with van der Waals surface area (Å²) in [5.41, 5.74) is 0. The summed E-state index contributed by atoms with van der Waals surface area (Å²) in [5, 5.41) is 6.09. The number of thiophene rings is 2. The van der Waals surface area contributed by atoms with Gasteiger partial charge in [-0.25, -0.2) is 19.9 Å². The van der Waals surface area contributed by atoms with Crippen LogP contribution in [0, 0.1) is 0 Å². The average Bonchev–Trinajstić information content (AvgIpc) is 3.75. The zero-order chi connectivity index (χ0) is 36.6. The Labute approximate surface area is 348 Å². The van der Waals surface area contributed by atoms with Crippen molar-refractivity contribution in [3.63, 3.8) is 0 Å². The zero-order valence-corrected chi connectivity index (χ0v) is 37.8. The summed E-state index contributed by atoms with van der Waals surface area (Å²) in [4.78, 5) is 30.3. The third-order valence-corrected chi connectivity index (χ3v) is 12.0. The summed E-state index contributed by atoms with van der Waals surface area (Å²) in [7, 11) is 7.77. The third kappa shape index (κ3) is 12.7. The van der Waals surface area contributed by atoms with E-state index in [2.05, 4.69) is 131 Å². The maximum Gasteiger partial charge on any atom is 1.00 e. The van der Waals surface area contributed by atoms with Gasteiger partial charge in [-0.05, 0) is 116 Å². The van der Waals surface area contributed by atoms with E-state index in [1.807, 2.05) is 0 Å². The average molecular weight is 852 g/mol. The van der Waals surface area contributed by atoms with E-state index in [0.717, 1.165) is 52.8 Å². The van der Waals surface area contributed by atoms with Gasteiger partial charge in [0, 0.05) is 40.5 Å². The minimum absolute atomic E-state index is 0. The van der Waals surface area contributed by atoms with Crippen molar-refractivity contribution in [3.05, 3.63) is 34.5 Å². The van der Waals surface area contributed by atoms with E-state index in [-0.39, 0.29) is 31.0 Å². The minimum Gasteiger partial charge on any atom is -1.00 e. The van der Waals surface area contributed by atoms with Crippen molar-refractivity contribution in [1.29, 1.82) is 0 Å². The van der Waals surface area contributed by atoms with Gasteiger partial charge in [0.05, 0.1) is 19.3 Å². The first-order chi connectivity index (χ1) is 24.1. The quantitative estimate of drug-likeness (QED) is 0.114. The number of hydrogen-bond donors (Lipinski definition) is 1. The summed E-state index contributed by atoms with van der Waals surface area (Å²) >= 11 is 5.87. The van der Waals surface area contributed by atoms with E-state index < -0.39 is 7.15 Å². The number of nitrogens with zero attached hydrogens (tertiary/aromatic N) is 7. The summed E-state index contributed by atoms with van der Waals surface area (Å²) in [6, 6.07) is 7.17. The van der Waals surface area contributed by atoms with Crippen molar-refractivity contribution in [2.45, 2.75) is 116 Å². The van der Waals surface area contributed by atoms with E-state index in [1.54, 1.807) is 35.3 Å². The molecule has 0 amide bonds. The van der Waals surface area contributed by atoms with Crippen molar-refractivity contribution in [1.82, 2.24) is 29.7 Å². The summed E-state index contributed by atoms with van der Waals surface area (Å²) in [6.07, 6.45) is 15.6. The third-order valence-electron chi connectivity index (χ3n) is 9.65. The standard InChI is InChI=1S/C18H28N4S.C16H24N4S.C2H5I.CH3F.Na.H/c1-5-15-11-16-17(19-12-20-18(16)23-15)22(6-2)14-9-7-13(8-10-14)21(3)4;1-4-13-9-14-15(17-10-18-16(14)21-13)19-11-5-7-12(8-6-11)20(2)3;1-2-3;1-2;;/h11-14H,5-10H2,1-4H3;9-12H,4-8H2,1-3H3,(H,17,18,19);2H2,1H3;1H3;;/q;;;;+1;-1/i;;;1D;;. The number of rotatable bonds is 9. The van der Waals surface area contributed by atoms with Crippen LogP contribution >= 0.6 is 45.3 Å². The number of aromatic nitrogens is 4. The Morgan fingerprint density at radius 2 is 1.22 bits per heavy atom. The van der Waals surface area contributed by atoms with Crippen LogP contribution in [0.1, 0.15) is 91.6 Å². The van der Waals surface area contributed by atoms with Gasteiger partial charge in [-0.3, -0.25) is 4.39 Å².